The van der Waals surface area contributed by atoms with E-state index in [2.05, 4.69) is 0 Å². The Morgan fingerprint density at radius 3 is 2.18 bits per heavy atom. The Morgan fingerprint density at radius 2 is 1.59 bits per heavy atom. The molecule has 8 atom stereocenters. The number of rotatable bonds is 4. The maximum Gasteiger partial charge on any atom is 1.00 e. The fourth-order valence-electron chi connectivity index (χ4n) is 2.56. The van der Waals surface area contributed by atoms with Crippen molar-refractivity contribution in [3.63, 3.8) is 0 Å². The summed E-state index contributed by atoms with van der Waals surface area (Å²) in [5, 5.41) is 58.7. The largest absolute Gasteiger partial charge is 1.00 e. The molecule has 9 nitrogen and oxygen atoms in total. The van der Waals surface area contributed by atoms with Crippen molar-refractivity contribution in [1.29, 1.82) is 0 Å². The van der Waals surface area contributed by atoms with Crippen LogP contribution in [0.4, 0.5) is 0 Å². The molecule has 2 heterocycles. The van der Waals surface area contributed by atoms with Gasteiger partial charge in [0.25, 0.3) is 0 Å². The summed E-state index contributed by atoms with van der Waals surface area (Å²) < 4.78 is 15.7. The van der Waals surface area contributed by atoms with E-state index in [9.17, 15) is 25.5 Å². The number of hydrogen-bond acceptors (Lipinski definition) is 9. The first-order chi connectivity index (χ1) is 9.96. The molecular formula is C12H21KO9. The summed E-state index contributed by atoms with van der Waals surface area (Å²) in [4.78, 5) is 0. The quantitative estimate of drug-likeness (QED) is 0.312. The van der Waals surface area contributed by atoms with Crippen LogP contribution in [-0.2, 0) is 14.2 Å². The minimum Gasteiger partial charge on any atom is -0.831 e. The van der Waals surface area contributed by atoms with Crippen LogP contribution in [0.3, 0.4) is 0 Å². The van der Waals surface area contributed by atoms with Crippen LogP contribution in [0.5, 0.6) is 0 Å². The van der Waals surface area contributed by atoms with Gasteiger partial charge in [-0.25, -0.2) is 0 Å². The monoisotopic (exact) mass is 348 g/mol. The molecule has 2 aliphatic heterocycles. The molecule has 2 fully saturated rings. The van der Waals surface area contributed by atoms with Gasteiger partial charge < -0.3 is 44.8 Å². The van der Waals surface area contributed by atoms with Gasteiger partial charge in [-0.2, -0.15) is 0 Å². The van der Waals surface area contributed by atoms with E-state index in [0.717, 1.165) is 0 Å². The Hall–Kier alpha value is 1.28. The fourth-order valence-corrected chi connectivity index (χ4v) is 2.56. The molecule has 5 N–H and O–H groups in total. The second-order valence-corrected chi connectivity index (χ2v) is 5.27. The number of hydrogen-bond donors (Lipinski definition) is 5. The standard InChI is InChI=1S/C12H21O9.K/c13-3-7-11(18)5(15)2-10(20-7)21-12-6(16)1-9(17)19-8(12)4-14;/h5-16,18H,1-4H2;/q-1;+1/t5?,6?,7?,8?,9-,10?,11?,12-;/m0./s1. The zero-order valence-corrected chi connectivity index (χ0v) is 15.4. The van der Waals surface area contributed by atoms with E-state index >= 15 is 0 Å². The molecule has 0 radical (unpaired) electrons. The minimum absolute atomic E-state index is 0. The normalized spacial score (nSPS) is 46.1. The molecule has 0 aromatic carbocycles. The summed E-state index contributed by atoms with van der Waals surface area (Å²) in [5.74, 6) is 0. The molecule has 22 heavy (non-hydrogen) atoms. The van der Waals surface area contributed by atoms with Crippen LogP contribution in [0.15, 0.2) is 0 Å². The summed E-state index contributed by atoms with van der Waals surface area (Å²) in [6.45, 7) is -1.02. The fraction of sp³-hybridized carbons (Fsp3) is 1.00. The molecule has 10 heteroatoms. The van der Waals surface area contributed by atoms with Gasteiger partial charge in [-0.15, -0.1) is 0 Å². The average molecular weight is 348 g/mol. The molecule has 0 aromatic heterocycles. The van der Waals surface area contributed by atoms with Crippen molar-refractivity contribution in [2.45, 2.75) is 62.0 Å². The molecule has 2 saturated heterocycles. The molecule has 2 rings (SSSR count). The first kappa shape index (κ1) is 21.3. The average Bonchev–Trinajstić information content (AvgIpc) is 2.45. The van der Waals surface area contributed by atoms with Gasteiger partial charge in [0.1, 0.15) is 24.4 Å². The number of ether oxygens (including phenoxy) is 3. The smallest absolute Gasteiger partial charge is 0.831 e. The Bertz CT molecular complexity index is 334. The van der Waals surface area contributed by atoms with Crippen molar-refractivity contribution in [2.75, 3.05) is 13.2 Å². The molecule has 6 unspecified atom stereocenters. The predicted molar refractivity (Wildman–Crippen MR) is 63.6 cm³/mol. The van der Waals surface area contributed by atoms with Crippen LogP contribution < -0.4 is 56.5 Å². The van der Waals surface area contributed by atoms with Crippen molar-refractivity contribution in [3.05, 3.63) is 0 Å². The first-order valence-electron chi connectivity index (χ1n) is 6.84. The summed E-state index contributed by atoms with van der Waals surface area (Å²) in [6.07, 6.45) is -9.24. The van der Waals surface area contributed by atoms with Crippen LogP contribution in [-0.4, -0.2) is 88.0 Å². The minimum atomic E-state index is -1.44. The van der Waals surface area contributed by atoms with Crippen molar-refractivity contribution in [2.24, 2.45) is 0 Å². The van der Waals surface area contributed by atoms with E-state index in [1.165, 1.54) is 0 Å². The zero-order chi connectivity index (χ0) is 15.6. The number of aliphatic hydroxyl groups is 5. The maximum atomic E-state index is 11.3. The van der Waals surface area contributed by atoms with Gasteiger partial charge in [0, 0.05) is 6.42 Å². The van der Waals surface area contributed by atoms with Crippen LogP contribution in [0.25, 0.3) is 0 Å². The van der Waals surface area contributed by atoms with E-state index in [4.69, 9.17) is 19.3 Å². The Balaban J connectivity index is 0.00000242. The molecule has 0 spiro atoms. The summed E-state index contributed by atoms with van der Waals surface area (Å²) in [6, 6.07) is 0. The number of aliphatic hydroxyl groups excluding tert-OH is 5. The molecule has 124 valence electrons. The second-order valence-electron chi connectivity index (χ2n) is 5.27. The van der Waals surface area contributed by atoms with Crippen LogP contribution in [0.1, 0.15) is 12.8 Å². The third-order valence-corrected chi connectivity index (χ3v) is 3.71. The summed E-state index contributed by atoms with van der Waals surface area (Å²) >= 11 is 0. The third kappa shape index (κ3) is 5.13. The van der Waals surface area contributed by atoms with Gasteiger partial charge in [0.2, 0.25) is 0 Å². The van der Waals surface area contributed by atoms with Crippen molar-refractivity contribution in [1.82, 2.24) is 0 Å². The van der Waals surface area contributed by atoms with Gasteiger partial charge in [-0.3, -0.25) is 0 Å². The molecule has 2 aliphatic rings. The zero-order valence-electron chi connectivity index (χ0n) is 12.3. The van der Waals surface area contributed by atoms with Gasteiger partial charge in [-0.1, -0.05) is 0 Å². The Morgan fingerprint density at radius 1 is 0.955 bits per heavy atom. The van der Waals surface area contributed by atoms with E-state index in [1.807, 2.05) is 0 Å². The topological polar surface area (TPSA) is 152 Å². The van der Waals surface area contributed by atoms with Crippen LogP contribution in [0, 0.1) is 0 Å². The molecular weight excluding hydrogens is 327 g/mol. The second kappa shape index (κ2) is 9.68. The predicted octanol–water partition coefficient (Wildman–Crippen LogP) is -6.97. The van der Waals surface area contributed by atoms with Crippen molar-refractivity contribution >= 4 is 0 Å². The van der Waals surface area contributed by atoms with E-state index < -0.39 is 62.4 Å². The van der Waals surface area contributed by atoms with E-state index in [-0.39, 0.29) is 64.2 Å². The van der Waals surface area contributed by atoms with Gasteiger partial charge >= 0.3 is 51.4 Å². The Kier molecular flexibility index (Phi) is 9.38. The molecule has 0 saturated carbocycles. The van der Waals surface area contributed by atoms with Gasteiger partial charge in [0.15, 0.2) is 6.29 Å². The van der Waals surface area contributed by atoms with Crippen LogP contribution >= 0.6 is 0 Å². The molecule has 0 aliphatic carbocycles. The molecule has 0 bridgehead atoms. The van der Waals surface area contributed by atoms with E-state index in [0.29, 0.717) is 0 Å². The Labute approximate surface area is 170 Å². The van der Waals surface area contributed by atoms with E-state index in [1.54, 1.807) is 0 Å². The van der Waals surface area contributed by atoms with Crippen molar-refractivity contribution < 1.29 is 96.2 Å². The van der Waals surface area contributed by atoms with Gasteiger partial charge in [-0.05, 0) is 12.7 Å². The maximum absolute atomic E-state index is 11.3. The first-order valence-corrected chi connectivity index (χ1v) is 6.84. The SMILES string of the molecule is [K+].[O-][C@@H]1CC(O)[C@H](OC2CC(O)C(O)C(CO)O2)C(CO)O1. The van der Waals surface area contributed by atoms with Gasteiger partial charge in [0.05, 0.1) is 25.4 Å². The summed E-state index contributed by atoms with van der Waals surface area (Å²) in [5.41, 5.74) is 0. The third-order valence-electron chi connectivity index (χ3n) is 3.71. The molecule has 0 amide bonds. The molecule has 0 aromatic rings. The van der Waals surface area contributed by atoms with Crippen LogP contribution in [0.2, 0.25) is 0 Å². The summed E-state index contributed by atoms with van der Waals surface area (Å²) in [7, 11) is 0. The van der Waals surface area contributed by atoms with Crippen molar-refractivity contribution in [3.8, 4) is 0 Å².